The molecule has 1 saturated carbocycles. The number of aldehydes is 1. The van der Waals surface area contributed by atoms with Gasteiger partial charge in [0.15, 0.2) is 5.78 Å². The first kappa shape index (κ1) is 16.7. The molecular formula is C19H14O6. The molecule has 0 aliphatic heterocycles. The third kappa shape index (κ3) is 3.10. The van der Waals surface area contributed by atoms with Gasteiger partial charge in [-0.25, -0.2) is 4.79 Å². The minimum absolute atomic E-state index is 0.144. The van der Waals surface area contributed by atoms with Gasteiger partial charge in [-0.15, -0.1) is 0 Å². The van der Waals surface area contributed by atoms with Crippen LogP contribution in [0.1, 0.15) is 12.0 Å². The van der Waals surface area contributed by atoms with Crippen LogP contribution < -0.4 is 0 Å². The van der Waals surface area contributed by atoms with Gasteiger partial charge in [0.1, 0.15) is 0 Å². The molecule has 0 radical (unpaired) electrons. The van der Waals surface area contributed by atoms with Crippen LogP contribution in [0.2, 0.25) is 0 Å². The highest BCUT2D eigenvalue weighted by Gasteiger charge is 2.50. The van der Waals surface area contributed by atoms with E-state index in [1.54, 1.807) is 0 Å². The number of esters is 1. The van der Waals surface area contributed by atoms with Crippen LogP contribution in [0.4, 0.5) is 0 Å². The topological polar surface area (TPSA) is 94.6 Å². The molecular weight excluding hydrogens is 324 g/mol. The summed E-state index contributed by atoms with van der Waals surface area (Å²) in [7, 11) is 0. The second-order valence-electron chi connectivity index (χ2n) is 5.80. The molecule has 2 atom stereocenters. The van der Waals surface area contributed by atoms with Crippen LogP contribution in [-0.4, -0.2) is 35.7 Å². The van der Waals surface area contributed by atoms with Gasteiger partial charge >= 0.3 is 5.97 Å². The third-order valence-electron chi connectivity index (χ3n) is 4.31. The van der Waals surface area contributed by atoms with Gasteiger partial charge in [0.05, 0.1) is 5.92 Å². The van der Waals surface area contributed by atoms with Crippen molar-refractivity contribution in [2.75, 3.05) is 0 Å². The Hall–Kier alpha value is -3.15. The Morgan fingerprint density at radius 3 is 2.48 bits per heavy atom. The van der Waals surface area contributed by atoms with Crippen LogP contribution in [0.3, 0.4) is 0 Å². The van der Waals surface area contributed by atoms with Crippen molar-refractivity contribution in [1.29, 1.82) is 0 Å². The molecule has 0 bridgehead atoms. The number of benzene rings is 2. The lowest BCUT2D eigenvalue weighted by molar-refractivity contribution is -0.159. The molecule has 126 valence electrons. The van der Waals surface area contributed by atoms with Gasteiger partial charge in [0, 0.05) is 0 Å². The number of carbonyl (C=O) groups excluding carboxylic acids is 5. The second-order valence-corrected chi connectivity index (χ2v) is 5.80. The molecule has 25 heavy (non-hydrogen) atoms. The van der Waals surface area contributed by atoms with Crippen molar-refractivity contribution in [3.05, 3.63) is 48.0 Å². The molecule has 0 N–H and O–H groups in total. The number of fused-ring (bicyclic) bond motifs is 1. The van der Waals surface area contributed by atoms with Crippen molar-refractivity contribution in [3.63, 3.8) is 0 Å². The predicted molar refractivity (Wildman–Crippen MR) is 86.7 cm³/mol. The summed E-state index contributed by atoms with van der Waals surface area (Å²) in [5, 5.41) is 2.05. The highest BCUT2D eigenvalue weighted by molar-refractivity contribution is 6.52. The Kier molecular flexibility index (Phi) is 4.52. The van der Waals surface area contributed by atoms with E-state index in [2.05, 4.69) is 4.74 Å². The van der Waals surface area contributed by atoms with Crippen molar-refractivity contribution in [1.82, 2.24) is 0 Å². The predicted octanol–water partition coefficient (Wildman–Crippen LogP) is 1.22. The minimum atomic E-state index is -1.79. The number of Topliss-reactive ketones (excluding diaryl/α,β-unsaturated/α-hetero) is 3. The van der Waals surface area contributed by atoms with E-state index in [0.717, 1.165) is 16.3 Å². The van der Waals surface area contributed by atoms with Crippen LogP contribution in [0.15, 0.2) is 42.5 Å². The molecule has 2 unspecified atom stereocenters. The highest BCUT2D eigenvalue weighted by Crippen LogP contribution is 2.26. The largest absolute Gasteiger partial charge is 0.440 e. The molecule has 2 aromatic rings. The average Bonchev–Trinajstić information content (AvgIpc) is 2.83. The molecule has 6 heteroatoms. The Morgan fingerprint density at radius 2 is 1.72 bits per heavy atom. The molecule has 1 aliphatic rings. The standard InChI is InChI=1S/C19H14O6/c20-10-15(21)25-19-17(23)14(16(22)18(19)24)9-8-12-6-3-5-11-4-1-2-7-13(11)12/h1-7,10,14,19H,8-9H2. The lowest BCUT2D eigenvalue weighted by Crippen LogP contribution is -2.30. The summed E-state index contributed by atoms with van der Waals surface area (Å²) in [5.74, 6) is -5.17. The molecule has 0 aromatic heterocycles. The summed E-state index contributed by atoms with van der Waals surface area (Å²) in [6, 6.07) is 13.5. The van der Waals surface area contributed by atoms with E-state index >= 15 is 0 Å². The number of ether oxygens (including phenoxy) is 1. The maximum Gasteiger partial charge on any atom is 0.372 e. The van der Waals surface area contributed by atoms with E-state index in [9.17, 15) is 24.0 Å². The maximum absolute atomic E-state index is 12.2. The summed E-state index contributed by atoms with van der Waals surface area (Å²) in [6.45, 7) is 0. The van der Waals surface area contributed by atoms with Crippen molar-refractivity contribution in [3.8, 4) is 0 Å². The Labute approximate surface area is 142 Å². The van der Waals surface area contributed by atoms with Gasteiger partial charge in [-0.3, -0.25) is 19.2 Å². The van der Waals surface area contributed by atoms with E-state index in [4.69, 9.17) is 0 Å². The lowest BCUT2D eigenvalue weighted by Gasteiger charge is -2.10. The van der Waals surface area contributed by atoms with Crippen molar-refractivity contribution >= 4 is 40.4 Å². The fraction of sp³-hybridized carbons (Fsp3) is 0.211. The molecule has 0 amide bonds. The first-order chi connectivity index (χ1) is 12.0. The quantitative estimate of drug-likeness (QED) is 0.352. The van der Waals surface area contributed by atoms with E-state index in [1.807, 2.05) is 42.5 Å². The van der Waals surface area contributed by atoms with Crippen LogP contribution >= 0.6 is 0 Å². The van der Waals surface area contributed by atoms with Gasteiger partial charge in [0.2, 0.25) is 24.0 Å². The fourth-order valence-electron chi connectivity index (χ4n) is 3.08. The van der Waals surface area contributed by atoms with E-state index in [0.29, 0.717) is 6.42 Å². The molecule has 2 aromatic carbocycles. The lowest BCUT2D eigenvalue weighted by atomic mass is 9.94. The molecule has 3 rings (SSSR count). The van der Waals surface area contributed by atoms with Crippen LogP contribution in [0.25, 0.3) is 10.8 Å². The highest BCUT2D eigenvalue weighted by atomic mass is 16.6. The summed E-state index contributed by atoms with van der Waals surface area (Å²) >= 11 is 0. The van der Waals surface area contributed by atoms with Gasteiger partial charge in [-0.2, -0.15) is 0 Å². The summed E-state index contributed by atoms with van der Waals surface area (Å²) in [6.07, 6.45) is -1.37. The molecule has 1 fully saturated rings. The summed E-state index contributed by atoms with van der Waals surface area (Å²) in [5.41, 5.74) is 0.958. The second kappa shape index (κ2) is 6.76. The number of ketones is 3. The zero-order chi connectivity index (χ0) is 18.0. The minimum Gasteiger partial charge on any atom is -0.440 e. The van der Waals surface area contributed by atoms with Crippen molar-refractivity contribution in [2.45, 2.75) is 18.9 Å². The zero-order valence-electron chi connectivity index (χ0n) is 13.1. The van der Waals surface area contributed by atoms with E-state index < -0.39 is 35.3 Å². The van der Waals surface area contributed by atoms with Gasteiger partial charge < -0.3 is 4.74 Å². The first-order valence-electron chi connectivity index (χ1n) is 7.77. The smallest absolute Gasteiger partial charge is 0.372 e. The third-order valence-corrected chi connectivity index (χ3v) is 4.31. The van der Waals surface area contributed by atoms with Gasteiger partial charge in [0.25, 0.3) is 0 Å². The number of hydrogen-bond donors (Lipinski definition) is 0. The Balaban J connectivity index is 1.77. The SMILES string of the molecule is O=CC(=O)OC1C(=O)C(=O)C(CCc2cccc3ccccc23)C1=O. The molecule has 0 heterocycles. The molecule has 0 saturated heterocycles. The van der Waals surface area contributed by atoms with Crippen molar-refractivity contribution < 1.29 is 28.7 Å². The normalized spacial score (nSPS) is 20.1. The van der Waals surface area contributed by atoms with Crippen molar-refractivity contribution in [2.24, 2.45) is 5.92 Å². The molecule has 6 nitrogen and oxygen atoms in total. The van der Waals surface area contributed by atoms with Crippen LogP contribution in [-0.2, 0) is 35.1 Å². The number of carbonyl (C=O) groups is 5. The molecule has 1 aliphatic carbocycles. The van der Waals surface area contributed by atoms with Crippen LogP contribution in [0, 0.1) is 5.92 Å². The zero-order valence-corrected chi connectivity index (χ0v) is 13.1. The Bertz CT molecular complexity index is 892. The van der Waals surface area contributed by atoms with Gasteiger partial charge in [-0.05, 0) is 29.2 Å². The summed E-state index contributed by atoms with van der Waals surface area (Å²) < 4.78 is 4.48. The number of hydrogen-bond acceptors (Lipinski definition) is 6. The monoisotopic (exact) mass is 338 g/mol. The fourth-order valence-corrected chi connectivity index (χ4v) is 3.08. The van der Waals surface area contributed by atoms with Gasteiger partial charge in [-0.1, -0.05) is 42.5 Å². The Morgan fingerprint density at radius 1 is 1.00 bits per heavy atom. The van der Waals surface area contributed by atoms with E-state index in [-0.39, 0.29) is 12.7 Å². The van der Waals surface area contributed by atoms with E-state index in [1.165, 1.54) is 0 Å². The van der Waals surface area contributed by atoms with Crippen LogP contribution in [0.5, 0.6) is 0 Å². The number of rotatable bonds is 5. The molecule has 0 spiro atoms. The summed E-state index contributed by atoms with van der Waals surface area (Å²) in [4.78, 5) is 57.4. The number of aryl methyl sites for hydroxylation is 1. The average molecular weight is 338 g/mol. The maximum atomic E-state index is 12.2. The first-order valence-corrected chi connectivity index (χ1v) is 7.77.